The van der Waals surface area contributed by atoms with Crippen LogP contribution in [0.3, 0.4) is 0 Å². The number of carboxylic acids is 1. The van der Waals surface area contributed by atoms with Gasteiger partial charge >= 0.3 is 5.97 Å². The molecule has 0 aliphatic heterocycles. The van der Waals surface area contributed by atoms with Crippen molar-refractivity contribution in [2.75, 3.05) is 19.5 Å². The SMILES string of the molecule is COc1ccc(NC(OC)C(=O)O)c2ccccc12. The molecule has 2 aromatic carbocycles. The molecule has 0 amide bonds. The first-order valence-electron chi connectivity index (χ1n) is 5.75. The lowest BCUT2D eigenvalue weighted by molar-refractivity contribution is -0.146. The van der Waals surface area contributed by atoms with E-state index in [-0.39, 0.29) is 0 Å². The van der Waals surface area contributed by atoms with E-state index >= 15 is 0 Å². The van der Waals surface area contributed by atoms with Crippen LogP contribution in [0.1, 0.15) is 0 Å². The second kappa shape index (κ2) is 5.58. The standard InChI is InChI=1S/C14H15NO4/c1-18-12-8-7-11(15-13(19-2)14(16)17)9-5-3-4-6-10(9)12/h3-8,13,15H,1-2H3,(H,16,17). The summed E-state index contributed by atoms with van der Waals surface area (Å²) < 4.78 is 10.2. The van der Waals surface area contributed by atoms with Gasteiger partial charge in [0.05, 0.1) is 7.11 Å². The summed E-state index contributed by atoms with van der Waals surface area (Å²) in [5.74, 6) is -0.326. The third kappa shape index (κ3) is 2.61. The molecule has 2 N–H and O–H groups in total. The van der Waals surface area contributed by atoms with Crippen molar-refractivity contribution < 1.29 is 19.4 Å². The molecule has 0 aromatic heterocycles. The highest BCUT2D eigenvalue weighted by molar-refractivity contribution is 5.98. The van der Waals surface area contributed by atoms with Crippen molar-refractivity contribution in [3.8, 4) is 5.75 Å². The molecule has 0 saturated carbocycles. The van der Waals surface area contributed by atoms with Crippen LogP contribution in [0.4, 0.5) is 5.69 Å². The molecule has 2 rings (SSSR count). The van der Waals surface area contributed by atoms with Crippen LogP contribution in [0.2, 0.25) is 0 Å². The summed E-state index contributed by atoms with van der Waals surface area (Å²) in [6, 6.07) is 11.2. The van der Waals surface area contributed by atoms with Crippen LogP contribution in [0, 0.1) is 0 Å². The molecular formula is C14H15NO4. The van der Waals surface area contributed by atoms with Gasteiger partial charge in [-0.15, -0.1) is 0 Å². The van der Waals surface area contributed by atoms with Crippen LogP contribution in [-0.2, 0) is 9.53 Å². The first kappa shape index (κ1) is 13.2. The second-order valence-electron chi connectivity index (χ2n) is 3.96. The zero-order valence-electron chi connectivity index (χ0n) is 10.7. The van der Waals surface area contributed by atoms with E-state index in [0.29, 0.717) is 5.69 Å². The molecule has 19 heavy (non-hydrogen) atoms. The molecule has 2 aromatic rings. The summed E-state index contributed by atoms with van der Waals surface area (Å²) in [4.78, 5) is 11.0. The average molecular weight is 261 g/mol. The summed E-state index contributed by atoms with van der Waals surface area (Å²) in [6.45, 7) is 0. The molecule has 0 bridgehead atoms. The van der Waals surface area contributed by atoms with Crippen molar-refractivity contribution in [1.29, 1.82) is 0 Å². The number of fused-ring (bicyclic) bond motifs is 1. The maximum Gasteiger partial charge on any atom is 0.353 e. The van der Waals surface area contributed by atoms with Crippen molar-refractivity contribution in [2.24, 2.45) is 0 Å². The van der Waals surface area contributed by atoms with Crippen LogP contribution < -0.4 is 10.1 Å². The van der Waals surface area contributed by atoms with Crippen LogP contribution >= 0.6 is 0 Å². The highest BCUT2D eigenvalue weighted by Gasteiger charge is 2.17. The van der Waals surface area contributed by atoms with Crippen molar-refractivity contribution in [3.05, 3.63) is 36.4 Å². The van der Waals surface area contributed by atoms with Crippen molar-refractivity contribution in [2.45, 2.75) is 6.23 Å². The average Bonchev–Trinajstić information content (AvgIpc) is 2.44. The monoisotopic (exact) mass is 261 g/mol. The van der Waals surface area contributed by atoms with Gasteiger partial charge < -0.3 is 19.9 Å². The predicted octanol–water partition coefficient (Wildman–Crippen LogP) is 2.32. The van der Waals surface area contributed by atoms with E-state index in [1.807, 2.05) is 24.3 Å². The fraction of sp³-hybridized carbons (Fsp3) is 0.214. The van der Waals surface area contributed by atoms with E-state index in [1.165, 1.54) is 7.11 Å². The van der Waals surface area contributed by atoms with Crippen molar-refractivity contribution in [1.82, 2.24) is 0 Å². The Morgan fingerprint density at radius 1 is 1.16 bits per heavy atom. The molecule has 0 radical (unpaired) electrons. The number of aliphatic carboxylic acids is 1. The number of nitrogens with one attached hydrogen (secondary N) is 1. The zero-order chi connectivity index (χ0) is 13.8. The van der Waals surface area contributed by atoms with Gasteiger partial charge in [0.2, 0.25) is 6.23 Å². The number of ether oxygens (including phenoxy) is 2. The van der Waals surface area contributed by atoms with Gasteiger partial charge in [0.15, 0.2) is 0 Å². The Labute approximate surface area is 110 Å². The summed E-state index contributed by atoms with van der Waals surface area (Å²) >= 11 is 0. The lowest BCUT2D eigenvalue weighted by Crippen LogP contribution is -2.30. The van der Waals surface area contributed by atoms with E-state index in [9.17, 15) is 4.79 Å². The normalized spacial score (nSPS) is 12.1. The molecule has 1 atom stereocenters. The Bertz CT molecular complexity index is 597. The summed E-state index contributed by atoms with van der Waals surface area (Å²) in [5, 5.41) is 13.6. The molecule has 0 heterocycles. The van der Waals surface area contributed by atoms with Gasteiger partial charge in [-0.3, -0.25) is 0 Å². The predicted molar refractivity (Wildman–Crippen MR) is 72.6 cm³/mol. The van der Waals surface area contributed by atoms with Gasteiger partial charge in [0.1, 0.15) is 5.75 Å². The minimum atomic E-state index is -1.09. The molecule has 5 heteroatoms. The Hall–Kier alpha value is -2.27. The van der Waals surface area contributed by atoms with Gasteiger partial charge in [0, 0.05) is 23.6 Å². The third-order valence-electron chi connectivity index (χ3n) is 2.85. The molecule has 0 aliphatic rings. The first-order chi connectivity index (χ1) is 9.17. The molecule has 0 aliphatic carbocycles. The lowest BCUT2D eigenvalue weighted by atomic mass is 10.1. The van der Waals surface area contributed by atoms with E-state index < -0.39 is 12.2 Å². The smallest absolute Gasteiger partial charge is 0.353 e. The number of carbonyl (C=O) groups is 1. The van der Waals surface area contributed by atoms with Crippen molar-refractivity contribution >= 4 is 22.4 Å². The second-order valence-corrected chi connectivity index (χ2v) is 3.96. The maximum atomic E-state index is 11.0. The van der Waals surface area contributed by atoms with Crippen LogP contribution in [0.15, 0.2) is 36.4 Å². The van der Waals surface area contributed by atoms with Gasteiger partial charge in [0.25, 0.3) is 0 Å². The number of benzene rings is 2. The largest absolute Gasteiger partial charge is 0.496 e. The van der Waals surface area contributed by atoms with Crippen molar-refractivity contribution in [3.63, 3.8) is 0 Å². The van der Waals surface area contributed by atoms with Gasteiger partial charge in [-0.25, -0.2) is 4.79 Å². The van der Waals surface area contributed by atoms with Gasteiger partial charge in [-0.05, 0) is 12.1 Å². The van der Waals surface area contributed by atoms with E-state index in [4.69, 9.17) is 14.6 Å². The lowest BCUT2D eigenvalue weighted by Gasteiger charge is -2.16. The van der Waals surface area contributed by atoms with Crippen LogP contribution in [0.5, 0.6) is 5.75 Å². The van der Waals surface area contributed by atoms with E-state index in [2.05, 4.69) is 5.32 Å². The zero-order valence-corrected chi connectivity index (χ0v) is 10.7. The van der Waals surface area contributed by atoms with E-state index in [1.54, 1.807) is 19.2 Å². The Morgan fingerprint density at radius 2 is 1.84 bits per heavy atom. The van der Waals surface area contributed by atoms with Crippen LogP contribution in [0.25, 0.3) is 10.8 Å². The summed E-state index contributed by atoms with van der Waals surface area (Å²) in [7, 11) is 2.95. The maximum absolute atomic E-state index is 11.0. The topological polar surface area (TPSA) is 67.8 Å². The van der Waals surface area contributed by atoms with E-state index in [0.717, 1.165) is 16.5 Å². The minimum absolute atomic E-state index is 0.686. The number of anilines is 1. The number of hydrogen-bond donors (Lipinski definition) is 2. The quantitative estimate of drug-likeness (QED) is 0.808. The Balaban J connectivity index is 2.47. The molecule has 1 unspecified atom stereocenters. The molecule has 100 valence electrons. The Kier molecular flexibility index (Phi) is 3.87. The van der Waals surface area contributed by atoms with Gasteiger partial charge in [-0.1, -0.05) is 24.3 Å². The summed E-state index contributed by atoms with van der Waals surface area (Å²) in [5.41, 5.74) is 0.686. The fourth-order valence-corrected chi connectivity index (χ4v) is 1.94. The number of carboxylic acid groups (broad SMARTS) is 1. The number of methoxy groups -OCH3 is 2. The minimum Gasteiger partial charge on any atom is -0.496 e. The van der Waals surface area contributed by atoms with Gasteiger partial charge in [-0.2, -0.15) is 0 Å². The fourth-order valence-electron chi connectivity index (χ4n) is 1.94. The molecule has 0 fully saturated rings. The molecule has 0 spiro atoms. The molecular weight excluding hydrogens is 246 g/mol. The highest BCUT2D eigenvalue weighted by Crippen LogP contribution is 2.31. The third-order valence-corrected chi connectivity index (χ3v) is 2.85. The van der Waals surface area contributed by atoms with Crippen LogP contribution in [-0.4, -0.2) is 31.5 Å². The number of hydrogen-bond acceptors (Lipinski definition) is 4. The number of rotatable bonds is 5. The highest BCUT2D eigenvalue weighted by atomic mass is 16.5. The molecule has 0 saturated heterocycles. The Morgan fingerprint density at radius 3 is 2.42 bits per heavy atom. The summed E-state index contributed by atoms with van der Waals surface area (Å²) in [6.07, 6.45) is -1.09. The first-order valence-corrected chi connectivity index (χ1v) is 5.75. The molecule has 5 nitrogen and oxygen atoms in total.